The van der Waals surface area contributed by atoms with Gasteiger partial charge in [-0.05, 0) is 45.4 Å². The van der Waals surface area contributed by atoms with Crippen molar-refractivity contribution in [3.8, 4) is 0 Å². The molecule has 1 aromatic rings. The van der Waals surface area contributed by atoms with Gasteiger partial charge in [0.1, 0.15) is 11.7 Å². The quantitative estimate of drug-likeness (QED) is 0.446. The second kappa shape index (κ2) is 12.3. The lowest BCUT2D eigenvalue weighted by Crippen LogP contribution is -2.41. The van der Waals surface area contributed by atoms with Gasteiger partial charge in [0.25, 0.3) is 5.91 Å². The number of carbonyl (C=O) groups is 1. The Hall–Kier alpha value is -3.68. The number of rotatable bonds is 9. The van der Waals surface area contributed by atoms with Gasteiger partial charge in [0.15, 0.2) is 12.1 Å². The fraction of sp³-hybridized carbons (Fsp3) is 0.250. The molecule has 36 heavy (non-hydrogen) atoms. The standard InChI is InChI=1S/C28H32ClN5O2/c1-7-11-12-20(8-2)17-30-18(5)31-27-21(9-3)15-24(28(35)34(27)10-4)23-14-13-22(16-25(23)29)26-32-19(6)36-33-26/h7-9,11-16,19,30H,2,5,10,17H2,1,3-4,6H3,(H,32,33)/b11-7-,20-12+,21-9-,31-27+. The van der Waals surface area contributed by atoms with Crippen LogP contribution < -0.4 is 10.8 Å². The summed E-state index contributed by atoms with van der Waals surface area (Å²) in [4.78, 5) is 29.5. The Morgan fingerprint density at radius 1 is 1.39 bits per heavy atom. The van der Waals surface area contributed by atoms with Crippen LogP contribution in [-0.2, 0) is 9.63 Å². The van der Waals surface area contributed by atoms with Gasteiger partial charge in [-0.15, -0.1) is 0 Å². The summed E-state index contributed by atoms with van der Waals surface area (Å²) in [5, 5.41) is 3.64. The molecule has 0 saturated heterocycles. The molecule has 1 aromatic carbocycles. The van der Waals surface area contributed by atoms with Crippen LogP contribution in [0.1, 0.15) is 38.8 Å². The van der Waals surface area contributed by atoms with E-state index in [1.165, 1.54) is 0 Å². The molecule has 0 fully saturated rings. The van der Waals surface area contributed by atoms with E-state index >= 15 is 0 Å². The SMILES string of the molecule is C=C/C(=C\C=C/C)CNC(=C)/N=C1\C(=C/C)C=C(c2ccc(C3=NC(C)ON3)cc2Cl)C(=O)N1CC. The molecule has 2 heterocycles. The molecule has 2 aliphatic rings. The molecule has 0 radical (unpaired) electrons. The molecule has 2 aliphatic heterocycles. The van der Waals surface area contributed by atoms with Crippen molar-refractivity contribution in [2.75, 3.05) is 13.1 Å². The minimum Gasteiger partial charge on any atom is -0.366 e. The van der Waals surface area contributed by atoms with Crippen LogP contribution in [0.2, 0.25) is 5.02 Å². The van der Waals surface area contributed by atoms with E-state index in [-0.39, 0.29) is 12.1 Å². The number of hydrogen-bond donors (Lipinski definition) is 2. The van der Waals surface area contributed by atoms with E-state index in [1.807, 2.05) is 70.2 Å². The molecule has 1 amide bonds. The molecule has 0 aliphatic carbocycles. The Bertz CT molecular complexity index is 1240. The largest absolute Gasteiger partial charge is 0.366 e. The number of aliphatic imine (C=N–C) groups is 2. The Labute approximate surface area is 217 Å². The van der Waals surface area contributed by atoms with Gasteiger partial charge in [-0.1, -0.05) is 67.3 Å². The number of hydrogen-bond acceptors (Lipinski definition) is 6. The van der Waals surface area contributed by atoms with Gasteiger partial charge in [-0.3, -0.25) is 9.69 Å². The highest BCUT2D eigenvalue weighted by Gasteiger charge is 2.31. The first-order valence-corrected chi connectivity index (χ1v) is 12.2. The maximum Gasteiger partial charge on any atom is 0.260 e. The number of halogens is 1. The van der Waals surface area contributed by atoms with Crippen molar-refractivity contribution in [2.45, 2.75) is 33.9 Å². The normalized spacial score (nSPS) is 20.6. The number of benzene rings is 1. The Morgan fingerprint density at radius 2 is 2.17 bits per heavy atom. The van der Waals surface area contributed by atoms with E-state index < -0.39 is 0 Å². The van der Waals surface area contributed by atoms with Crippen LogP contribution in [-0.4, -0.2) is 41.8 Å². The van der Waals surface area contributed by atoms with Crippen molar-refractivity contribution >= 4 is 34.8 Å². The zero-order valence-corrected chi connectivity index (χ0v) is 21.9. The fourth-order valence-corrected chi connectivity index (χ4v) is 3.97. The summed E-state index contributed by atoms with van der Waals surface area (Å²) >= 11 is 6.64. The number of carbonyl (C=O) groups excluding carboxylic acids is 1. The average Bonchev–Trinajstić information content (AvgIpc) is 3.31. The Balaban J connectivity index is 1.90. The maximum absolute atomic E-state index is 13.5. The number of amidine groups is 2. The summed E-state index contributed by atoms with van der Waals surface area (Å²) in [6.45, 7) is 16.4. The van der Waals surface area contributed by atoms with Crippen molar-refractivity contribution in [1.82, 2.24) is 15.7 Å². The van der Waals surface area contributed by atoms with Crippen molar-refractivity contribution in [3.63, 3.8) is 0 Å². The van der Waals surface area contributed by atoms with E-state index in [4.69, 9.17) is 16.4 Å². The van der Waals surface area contributed by atoms with Crippen molar-refractivity contribution in [1.29, 1.82) is 0 Å². The first-order chi connectivity index (χ1) is 17.3. The monoisotopic (exact) mass is 505 g/mol. The van der Waals surface area contributed by atoms with Gasteiger partial charge in [-0.25, -0.2) is 20.3 Å². The fourth-order valence-electron chi connectivity index (χ4n) is 3.68. The minimum atomic E-state index is -0.272. The van der Waals surface area contributed by atoms with Crippen molar-refractivity contribution < 1.29 is 9.63 Å². The van der Waals surface area contributed by atoms with Gasteiger partial charge < -0.3 is 5.32 Å². The third-order valence-electron chi connectivity index (χ3n) is 5.59. The van der Waals surface area contributed by atoms with Crippen LogP contribution in [0.15, 0.2) is 94.8 Å². The molecule has 0 saturated carbocycles. The molecule has 3 rings (SSSR count). The highest BCUT2D eigenvalue weighted by Crippen LogP contribution is 2.32. The molecule has 7 nitrogen and oxygen atoms in total. The summed E-state index contributed by atoms with van der Waals surface area (Å²) in [5.74, 6) is 1.40. The minimum absolute atomic E-state index is 0.183. The Morgan fingerprint density at radius 3 is 2.75 bits per heavy atom. The summed E-state index contributed by atoms with van der Waals surface area (Å²) in [6.07, 6.45) is 11.1. The number of allylic oxidation sites excluding steroid dienone is 4. The van der Waals surface area contributed by atoms with E-state index in [0.717, 1.165) is 16.7 Å². The predicted octanol–water partition coefficient (Wildman–Crippen LogP) is 5.31. The highest BCUT2D eigenvalue weighted by molar-refractivity contribution is 6.37. The first-order valence-electron chi connectivity index (χ1n) is 11.8. The molecular weight excluding hydrogens is 474 g/mol. The molecule has 0 bridgehead atoms. The van der Waals surface area contributed by atoms with Crippen LogP contribution in [0.4, 0.5) is 0 Å². The van der Waals surface area contributed by atoms with E-state index in [9.17, 15) is 4.79 Å². The number of nitrogens with zero attached hydrogens (tertiary/aromatic N) is 3. The molecule has 0 spiro atoms. The lowest BCUT2D eigenvalue weighted by Gasteiger charge is -2.30. The maximum atomic E-state index is 13.5. The number of amides is 1. The Kier molecular flexibility index (Phi) is 9.22. The second-order valence-electron chi connectivity index (χ2n) is 8.05. The second-order valence-corrected chi connectivity index (χ2v) is 8.46. The van der Waals surface area contributed by atoms with E-state index in [0.29, 0.717) is 46.7 Å². The third-order valence-corrected chi connectivity index (χ3v) is 5.90. The van der Waals surface area contributed by atoms with Gasteiger partial charge in [0.05, 0.1) is 0 Å². The number of hydroxylamine groups is 1. The zero-order chi connectivity index (χ0) is 26.2. The number of likely N-dealkylation sites (N-methyl/N-ethyl adjacent to an activating group) is 1. The smallest absolute Gasteiger partial charge is 0.260 e. The van der Waals surface area contributed by atoms with Gasteiger partial charge in [0.2, 0.25) is 0 Å². The number of nitrogens with one attached hydrogen (secondary N) is 2. The topological polar surface area (TPSA) is 78.3 Å². The summed E-state index contributed by atoms with van der Waals surface area (Å²) in [6, 6.07) is 5.46. The molecule has 8 heteroatoms. The predicted molar refractivity (Wildman–Crippen MR) is 148 cm³/mol. The first kappa shape index (κ1) is 26.9. The highest BCUT2D eigenvalue weighted by atomic mass is 35.5. The zero-order valence-electron chi connectivity index (χ0n) is 21.1. The molecule has 188 valence electrons. The molecule has 1 unspecified atom stereocenters. The van der Waals surface area contributed by atoms with E-state index in [2.05, 4.69) is 33.9 Å². The van der Waals surface area contributed by atoms with E-state index in [1.54, 1.807) is 17.0 Å². The summed E-state index contributed by atoms with van der Waals surface area (Å²) in [5.41, 5.74) is 6.50. The van der Waals surface area contributed by atoms with Crippen LogP contribution in [0.5, 0.6) is 0 Å². The van der Waals surface area contributed by atoms with Crippen molar-refractivity contribution in [2.24, 2.45) is 9.98 Å². The van der Waals surface area contributed by atoms with Gasteiger partial charge in [-0.2, -0.15) is 0 Å². The van der Waals surface area contributed by atoms with Crippen LogP contribution >= 0.6 is 11.6 Å². The van der Waals surface area contributed by atoms with Gasteiger partial charge >= 0.3 is 0 Å². The average molecular weight is 506 g/mol. The lowest BCUT2D eigenvalue weighted by atomic mass is 9.95. The van der Waals surface area contributed by atoms with Gasteiger partial charge in [0, 0.05) is 40.4 Å². The molecule has 1 atom stereocenters. The molecule has 2 N–H and O–H groups in total. The molecular formula is C28H32ClN5O2. The van der Waals surface area contributed by atoms with Crippen LogP contribution in [0.3, 0.4) is 0 Å². The lowest BCUT2D eigenvalue weighted by molar-refractivity contribution is -0.121. The third kappa shape index (κ3) is 6.11. The molecule has 0 aromatic heterocycles. The van der Waals surface area contributed by atoms with Crippen LogP contribution in [0.25, 0.3) is 5.57 Å². The summed E-state index contributed by atoms with van der Waals surface area (Å²) < 4.78 is 0. The van der Waals surface area contributed by atoms with Crippen molar-refractivity contribution in [3.05, 3.63) is 101 Å². The van der Waals surface area contributed by atoms with Crippen LogP contribution in [0, 0.1) is 0 Å². The summed E-state index contributed by atoms with van der Waals surface area (Å²) in [7, 11) is 0.